The molecule has 0 saturated heterocycles. The molecule has 0 aliphatic carbocycles. The largest absolute Gasteiger partial charge is 0.493 e. The van der Waals surface area contributed by atoms with Crippen molar-refractivity contribution in [3.05, 3.63) is 65.7 Å². The molecule has 4 heteroatoms. The Bertz CT molecular complexity index is 647. The van der Waals surface area contributed by atoms with E-state index in [-0.39, 0.29) is 0 Å². The molecule has 2 aromatic rings. The van der Waals surface area contributed by atoms with Gasteiger partial charge in [0.1, 0.15) is 6.61 Å². The molecule has 0 aromatic heterocycles. The summed E-state index contributed by atoms with van der Waals surface area (Å²) in [6.07, 6.45) is 3.03. The van der Waals surface area contributed by atoms with E-state index in [1.54, 1.807) is 19.3 Å². The topological polar surface area (TPSA) is 44.8 Å². The number of hydrogen-bond donors (Lipinski definition) is 0. The monoisotopic (exact) mass is 298 g/mol. The molecule has 0 spiro atoms. The Kier molecular flexibility index (Phi) is 5.60. The Balaban J connectivity index is 2.14. The SMILES string of the molecule is COC(=O)/C=C/c1ccc(OC)c(OCc2ccccc2)c1. The van der Waals surface area contributed by atoms with E-state index in [4.69, 9.17) is 9.47 Å². The summed E-state index contributed by atoms with van der Waals surface area (Å²) in [5.74, 6) is 0.868. The molecule has 0 N–H and O–H groups in total. The van der Waals surface area contributed by atoms with Gasteiger partial charge in [0.15, 0.2) is 11.5 Å². The van der Waals surface area contributed by atoms with Crippen LogP contribution < -0.4 is 9.47 Å². The number of hydrogen-bond acceptors (Lipinski definition) is 4. The molecule has 0 aliphatic rings. The number of rotatable bonds is 6. The highest BCUT2D eigenvalue weighted by Gasteiger charge is 2.05. The quantitative estimate of drug-likeness (QED) is 0.605. The zero-order valence-corrected chi connectivity index (χ0v) is 12.6. The highest BCUT2D eigenvalue weighted by Crippen LogP contribution is 2.29. The van der Waals surface area contributed by atoms with Crippen molar-refractivity contribution in [1.29, 1.82) is 0 Å². The van der Waals surface area contributed by atoms with E-state index in [9.17, 15) is 4.79 Å². The van der Waals surface area contributed by atoms with Gasteiger partial charge in [-0.1, -0.05) is 36.4 Å². The van der Waals surface area contributed by atoms with Gasteiger partial charge in [0.2, 0.25) is 0 Å². The fraction of sp³-hybridized carbons (Fsp3) is 0.167. The lowest BCUT2D eigenvalue weighted by Gasteiger charge is -2.11. The molecule has 0 aliphatic heterocycles. The summed E-state index contributed by atoms with van der Waals surface area (Å²) in [7, 11) is 2.93. The van der Waals surface area contributed by atoms with Gasteiger partial charge in [-0.25, -0.2) is 4.79 Å². The van der Waals surface area contributed by atoms with Gasteiger partial charge in [-0.3, -0.25) is 0 Å². The summed E-state index contributed by atoms with van der Waals surface area (Å²) >= 11 is 0. The summed E-state index contributed by atoms with van der Waals surface area (Å²) in [6.45, 7) is 0.446. The average molecular weight is 298 g/mol. The Morgan fingerprint density at radius 3 is 2.50 bits per heavy atom. The Morgan fingerprint density at radius 2 is 1.82 bits per heavy atom. The maximum Gasteiger partial charge on any atom is 0.330 e. The molecule has 0 radical (unpaired) electrons. The van der Waals surface area contributed by atoms with Crippen LogP contribution in [0.4, 0.5) is 0 Å². The van der Waals surface area contributed by atoms with Crippen molar-refractivity contribution in [3.8, 4) is 11.5 Å². The average Bonchev–Trinajstić information content (AvgIpc) is 2.58. The molecule has 0 bridgehead atoms. The van der Waals surface area contributed by atoms with Crippen LogP contribution in [-0.4, -0.2) is 20.2 Å². The lowest BCUT2D eigenvalue weighted by atomic mass is 10.2. The van der Waals surface area contributed by atoms with Gasteiger partial charge >= 0.3 is 5.97 Å². The third-order valence-electron chi connectivity index (χ3n) is 3.04. The van der Waals surface area contributed by atoms with Gasteiger partial charge < -0.3 is 14.2 Å². The Labute approximate surface area is 129 Å². The summed E-state index contributed by atoms with van der Waals surface area (Å²) in [6, 6.07) is 15.3. The maximum absolute atomic E-state index is 11.1. The van der Waals surface area contributed by atoms with Crippen LogP contribution in [0.15, 0.2) is 54.6 Å². The van der Waals surface area contributed by atoms with Crippen LogP contribution in [0.3, 0.4) is 0 Å². The smallest absolute Gasteiger partial charge is 0.330 e. The van der Waals surface area contributed by atoms with E-state index in [1.807, 2.05) is 42.5 Å². The molecule has 0 unspecified atom stereocenters. The number of methoxy groups -OCH3 is 2. The van der Waals surface area contributed by atoms with Crippen molar-refractivity contribution in [2.45, 2.75) is 6.61 Å². The van der Waals surface area contributed by atoms with Crippen LogP contribution in [0.1, 0.15) is 11.1 Å². The minimum absolute atomic E-state index is 0.400. The number of ether oxygens (including phenoxy) is 3. The maximum atomic E-state index is 11.1. The lowest BCUT2D eigenvalue weighted by molar-refractivity contribution is -0.134. The van der Waals surface area contributed by atoms with Gasteiger partial charge in [-0.05, 0) is 29.3 Å². The lowest BCUT2D eigenvalue weighted by Crippen LogP contribution is -1.98. The zero-order chi connectivity index (χ0) is 15.8. The molecule has 0 amide bonds. The Hall–Kier alpha value is -2.75. The van der Waals surface area contributed by atoms with Crippen LogP contribution in [0.25, 0.3) is 6.08 Å². The standard InChI is InChI=1S/C18H18O4/c1-20-16-10-8-14(9-11-18(19)21-2)12-17(16)22-13-15-6-4-3-5-7-15/h3-12H,13H2,1-2H3/b11-9+. The summed E-state index contributed by atoms with van der Waals surface area (Å²) in [5.41, 5.74) is 1.90. The molecule has 2 rings (SSSR count). The van der Waals surface area contributed by atoms with Crippen LogP contribution in [0, 0.1) is 0 Å². The van der Waals surface area contributed by atoms with Crippen molar-refractivity contribution in [1.82, 2.24) is 0 Å². The summed E-state index contributed by atoms with van der Waals surface area (Å²) in [5, 5.41) is 0. The van der Waals surface area contributed by atoms with Crippen molar-refractivity contribution in [3.63, 3.8) is 0 Å². The summed E-state index contributed by atoms with van der Waals surface area (Å²) in [4.78, 5) is 11.1. The van der Waals surface area contributed by atoms with E-state index in [0.717, 1.165) is 11.1 Å². The third-order valence-corrected chi connectivity index (χ3v) is 3.04. The van der Waals surface area contributed by atoms with Crippen LogP contribution in [-0.2, 0) is 16.1 Å². The number of esters is 1. The van der Waals surface area contributed by atoms with Gasteiger partial charge in [0.05, 0.1) is 14.2 Å². The zero-order valence-electron chi connectivity index (χ0n) is 12.6. The van der Waals surface area contributed by atoms with Crippen LogP contribution in [0.5, 0.6) is 11.5 Å². The molecular weight excluding hydrogens is 280 g/mol. The first kappa shape index (κ1) is 15.6. The second-order valence-electron chi connectivity index (χ2n) is 4.54. The molecule has 0 saturated carbocycles. The van der Waals surface area contributed by atoms with Crippen molar-refractivity contribution >= 4 is 12.0 Å². The first-order valence-electron chi connectivity index (χ1n) is 6.83. The fourth-order valence-corrected chi connectivity index (χ4v) is 1.88. The minimum Gasteiger partial charge on any atom is -0.493 e. The van der Waals surface area contributed by atoms with Gasteiger partial charge in [0, 0.05) is 6.08 Å². The van der Waals surface area contributed by atoms with Crippen molar-refractivity contribution in [2.75, 3.05) is 14.2 Å². The number of benzene rings is 2. The van der Waals surface area contributed by atoms with E-state index in [1.165, 1.54) is 13.2 Å². The van der Waals surface area contributed by atoms with E-state index in [2.05, 4.69) is 4.74 Å². The van der Waals surface area contributed by atoms with Crippen molar-refractivity contribution < 1.29 is 19.0 Å². The van der Waals surface area contributed by atoms with Gasteiger partial charge in [0.25, 0.3) is 0 Å². The fourth-order valence-electron chi connectivity index (χ4n) is 1.88. The highest BCUT2D eigenvalue weighted by atomic mass is 16.5. The molecular formula is C18H18O4. The van der Waals surface area contributed by atoms with Crippen LogP contribution in [0.2, 0.25) is 0 Å². The molecule has 2 aromatic carbocycles. The first-order valence-corrected chi connectivity index (χ1v) is 6.83. The molecule has 114 valence electrons. The van der Waals surface area contributed by atoms with E-state index in [0.29, 0.717) is 18.1 Å². The molecule has 0 fully saturated rings. The van der Waals surface area contributed by atoms with E-state index >= 15 is 0 Å². The molecule has 0 atom stereocenters. The highest BCUT2D eigenvalue weighted by molar-refractivity contribution is 5.87. The second-order valence-corrected chi connectivity index (χ2v) is 4.54. The molecule has 22 heavy (non-hydrogen) atoms. The Morgan fingerprint density at radius 1 is 1.05 bits per heavy atom. The third kappa shape index (κ3) is 4.38. The van der Waals surface area contributed by atoms with Crippen molar-refractivity contribution in [2.24, 2.45) is 0 Å². The number of carbonyl (C=O) groups is 1. The summed E-state index contributed by atoms with van der Waals surface area (Å²) < 4.78 is 15.7. The second kappa shape index (κ2) is 7.88. The van der Waals surface area contributed by atoms with Gasteiger partial charge in [-0.2, -0.15) is 0 Å². The number of carbonyl (C=O) groups excluding carboxylic acids is 1. The van der Waals surface area contributed by atoms with Crippen LogP contribution >= 0.6 is 0 Å². The molecule has 4 nitrogen and oxygen atoms in total. The van der Waals surface area contributed by atoms with Gasteiger partial charge in [-0.15, -0.1) is 0 Å². The van der Waals surface area contributed by atoms with E-state index < -0.39 is 5.97 Å². The molecule has 0 heterocycles. The first-order chi connectivity index (χ1) is 10.7. The normalized spacial score (nSPS) is 10.5. The minimum atomic E-state index is -0.400. The predicted molar refractivity (Wildman–Crippen MR) is 84.8 cm³/mol. The predicted octanol–water partition coefficient (Wildman–Crippen LogP) is 3.46.